The Morgan fingerprint density at radius 1 is 1.38 bits per heavy atom. The van der Waals surface area contributed by atoms with Crippen molar-refractivity contribution in [1.82, 2.24) is 10.1 Å². The van der Waals surface area contributed by atoms with Crippen LogP contribution >= 0.6 is 15.9 Å². The maximum Gasteiger partial charge on any atom is 0.234 e. The Morgan fingerprint density at radius 3 is 2.86 bits per heavy atom. The molecule has 1 aromatic carbocycles. The average Bonchev–Trinajstić information content (AvgIpc) is 3.09. The van der Waals surface area contributed by atoms with Crippen LogP contribution in [-0.4, -0.2) is 15.9 Å². The molecule has 0 spiro atoms. The van der Waals surface area contributed by atoms with Gasteiger partial charge in [0.25, 0.3) is 0 Å². The summed E-state index contributed by atoms with van der Waals surface area (Å²) in [6.07, 6.45) is 4.34. The number of nitrogens with zero attached hydrogens (tertiary/aromatic N) is 2. The van der Waals surface area contributed by atoms with E-state index in [9.17, 15) is 9.18 Å². The predicted octanol–water partition coefficient (Wildman–Crippen LogP) is 3.94. The first kappa shape index (κ1) is 14.4. The molecule has 0 saturated heterocycles. The Hall–Kier alpha value is -1.56. The smallest absolute Gasteiger partial charge is 0.234 e. The molecule has 1 heterocycles. The molecule has 1 saturated carbocycles. The van der Waals surface area contributed by atoms with Crippen LogP contribution in [0, 0.1) is 11.7 Å². The lowest BCUT2D eigenvalue weighted by Crippen LogP contribution is -2.13. The van der Waals surface area contributed by atoms with Gasteiger partial charge in [-0.05, 0) is 47.0 Å². The zero-order chi connectivity index (χ0) is 14.8. The van der Waals surface area contributed by atoms with Crippen molar-refractivity contribution >= 4 is 21.7 Å². The van der Waals surface area contributed by atoms with Crippen molar-refractivity contribution in [2.75, 3.05) is 0 Å². The molecule has 0 radical (unpaired) electrons. The molecular weight excluding hydrogens is 339 g/mol. The van der Waals surface area contributed by atoms with Crippen LogP contribution in [0.2, 0.25) is 0 Å². The molecule has 1 aliphatic carbocycles. The summed E-state index contributed by atoms with van der Waals surface area (Å²) in [6.45, 7) is 0. The van der Waals surface area contributed by atoms with Crippen LogP contribution in [0.15, 0.2) is 27.2 Å². The van der Waals surface area contributed by atoms with Gasteiger partial charge in [0, 0.05) is 16.0 Å². The van der Waals surface area contributed by atoms with E-state index in [1.54, 1.807) is 6.07 Å². The maximum absolute atomic E-state index is 13.1. The molecule has 0 unspecified atom stereocenters. The number of hydrogen-bond acceptors (Lipinski definition) is 4. The van der Waals surface area contributed by atoms with Crippen molar-refractivity contribution in [2.24, 2.45) is 5.92 Å². The highest BCUT2D eigenvalue weighted by molar-refractivity contribution is 9.10. The zero-order valence-electron chi connectivity index (χ0n) is 11.3. The number of Topliss-reactive ketones (excluding diaryl/α,β-unsaturated/α-hetero) is 1. The molecule has 1 aliphatic rings. The molecule has 21 heavy (non-hydrogen) atoms. The second-order valence-electron chi connectivity index (χ2n) is 5.26. The molecule has 6 heteroatoms. The van der Waals surface area contributed by atoms with Crippen LogP contribution in [0.5, 0.6) is 0 Å². The van der Waals surface area contributed by atoms with Gasteiger partial charge in [-0.2, -0.15) is 4.98 Å². The molecule has 1 fully saturated rings. The third-order valence-corrected chi connectivity index (χ3v) is 4.43. The van der Waals surface area contributed by atoms with Crippen LogP contribution in [0.4, 0.5) is 4.39 Å². The van der Waals surface area contributed by atoms with Gasteiger partial charge in [-0.1, -0.05) is 18.0 Å². The lowest BCUT2D eigenvalue weighted by Gasteiger charge is -2.04. The van der Waals surface area contributed by atoms with Crippen LogP contribution in [0.3, 0.4) is 0 Å². The van der Waals surface area contributed by atoms with Gasteiger partial charge < -0.3 is 4.52 Å². The monoisotopic (exact) mass is 352 g/mol. The van der Waals surface area contributed by atoms with Crippen molar-refractivity contribution < 1.29 is 13.7 Å². The van der Waals surface area contributed by atoms with E-state index in [4.69, 9.17) is 4.52 Å². The van der Waals surface area contributed by atoms with Crippen LogP contribution in [0.1, 0.15) is 31.6 Å². The highest BCUT2D eigenvalue weighted by Gasteiger charge is 2.24. The van der Waals surface area contributed by atoms with E-state index in [-0.39, 0.29) is 23.9 Å². The summed E-state index contributed by atoms with van der Waals surface area (Å²) in [7, 11) is 0. The Balaban J connectivity index is 1.75. The number of carbonyl (C=O) groups is 1. The highest BCUT2D eigenvalue weighted by Crippen LogP contribution is 2.28. The summed E-state index contributed by atoms with van der Waals surface area (Å²) < 4.78 is 18.8. The molecule has 4 nitrogen and oxygen atoms in total. The van der Waals surface area contributed by atoms with Gasteiger partial charge in [0.2, 0.25) is 11.7 Å². The fourth-order valence-corrected chi connectivity index (χ4v) is 3.18. The average molecular weight is 353 g/mol. The largest absolute Gasteiger partial charge is 0.338 e. The van der Waals surface area contributed by atoms with Gasteiger partial charge in [-0.25, -0.2) is 4.39 Å². The molecule has 3 rings (SSSR count). The van der Waals surface area contributed by atoms with E-state index in [0.29, 0.717) is 21.8 Å². The molecule has 1 aromatic heterocycles. The van der Waals surface area contributed by atoms with Crippen LogP contribution < -0.4 is 0 Å². The Kier molecular flexibility index (Phi) is 4.14. The number of hydrogen-bond donors (Lipinski definition) is 0. The summed E-state index contributed by atoms with van der Waals surface area (Å²) >= 11 is 3.27. The summed E-state index contributed by atoms with van der Waals surface area (Å²) in [5, 5.41) is 3.87. The van der Waals surface area contributed by atoms with Gasteiger partial charge in [-0.15, -0.1) is 0 Å². The van der Waals surface area contributed by atoms with Crippen molar-refractivity contribution in [3.8, 4) is 11.4 Å². The summed E-state index contributed by atoms with van der Waals surface area (Å²) in [5.74, 6) is 0.638. The fraction of sp³-hybridized carbons (Fsp3) is 0.400. The van der Waals surface area contributed by atoms with E-state index < -0.39 is 0 Å². The first-order valence-corrected chi connectivity index (χ1v) is 7.73. The van der Waals surface area contributed by atoms with Gasteiger partial charge in [0.15, 0.2) is 0 Å². The number of carbonyl (C=O) groups excluding carboxylic acids is 1. The van der Waals surface area contributed by atoms with Crippen molar-refractivity contribution in [1.29, 1.82) is 0 Å². The molecule has 0 N–H and O–H groups in total. The zero-order valence-corrected chi connectivity index (χ0v) is 12.9. The van der Waals surface area contributed by atoms with Crippen molar-refractivity contribution in [3.63, 3.8) is 0 Å². The van der Waals surface area contributed by atoms with Gasteiger partial charge in [-0.3, -0.25) is 4.79 Å². The van der Waals surface area contributed by atoms with Crippen LogP contribution in [-0.2, 0) is 11.2 Å². The lowest BCUT2D eigenvalue weighted by atomic mass is 10.0. The molecule has 0 bridgehead atoms. The van der Waals surface area contributed by atoms with Crippen molar-refractivity contribution in [3.05, 3.63) is 34.4 Å². The molecule has 110 valence electrons. The minimum Gasteiger partial charge on any atom is -0.338 e. The molecule has 0 atom stereocenters. The number of rotatable bonds is 4. The summed E-state index contributed by atoms with van der Waals surface area (Å²) in [6, 6.07) is 4.25. The summed E-state index contributed by atoms with van der Waals surface area (Å²) in [4.78, 5) is 16.3. The third kappa shape index (κ3) is 3.20. The summed E-state index contributed by atoms with van der Waals surface area (Å²) in [5.41, 5.74) is 0.639. The number of halogens is 2. The van der Waals surface area contributed by atoms with E-state index in [0.717, 1.165) is 25.7 Å². The van der Waals surface area contributed by atoms with Gasteiger partial charge >= 0.3 is 0 Å². The number of benzene rings is 1. The maximum atomic E-state index is 13.1. The SMILES string of the molecule is O=C(Cc1nc(-c2ccc(F)cc2Br)no1)C1CCCC1. The highest BCUT2D eigenvalue weighted by atomic mass is 79.9. The molecule has 0 aliphatic heterocycles. The second-order valence-corrected chi connectivity index (χ2v) is 6.11. The minimum atomic E-state index is -0.342. The normalized spacial score (nSPS) is 15.5. The molecule has 2 aromatic rings. The number of aromatic nitrogens is 2. The molecular formula is C15H14BrFN2O2. The minimum absolute atomic E-state index is 0.137. The van der Waals surface area contributed by atoms with E-state index >= 15 is 0 Å². The van der Waals surface area contributed by atoms with E-state index in [1.165, 1.54) is 12.1 Å². The quantitative estimate of drug-likeness (QED) is 0.836. The Bertz CT molecular complexity index is 665. The predicted molar refractivity (Wildman–Crippen MR) is 78.1 cm³/mol. The lowest BCUT2D eigenvalue weighted by molar-refractivity contribution is -0.122. The van der Waals surface area contributed by atoms with Gasteiger partial charge in [0.05, 0.1) is 6.42 Å². The second kappa shape index (κ2) is 6.05. The van der Waals surface area contributed by atoms with E-state index in [1.807, 2.05) is 0 Å². The fourth-order valence-electron chi connectivity index (χ4n) is 2.65. The topological polar surface area (TPSA) is 56.0 Å². The Morgan fingerprint density at radius 2 is 2.14 bits per heavy atom. The molecule has 0 amide bonds. The van der Waals surface area contributed by atoms with Gasteiger partial charge in [0.1, 0.15) is 11.6 Å². The Labute approximate surface area is 129 Å². The standard InChI is InChI=1S/C15H14BrFN2O2/c16-12-7-10(17)5-6-11(12)15-18-14(21-19-15)8-13(20)9-3-1-2-4-9/h5-7,9H,1-4,8H2. The van der Waals surface area contributed by atoms with E-state index in [2.05, 4.69) is 26.1 Å². The first-order chi connectivity index (χ1) is 10.1. The third-order valence-electron chi connectivity index (χ3n) is 3.78. The first-order valence-electron chi connectivity index (χ1n) is 6.94. The number of ketones is 1. The van der Waals surface area contributed by atoms with Crippen LogP contribution in [0.25, 0.3) is 11.4 Å². The van der Waals surface area contributed by atoms with Crippen molar-refractivity contribution in [2.45, 2.75) is 32.1 Å².